The quantitative estimate of drug-likeness (QED) is 0.708. The molecule has 0 aliphatic heterocycles. The summed E-state index contributed by atoms with van der Waals surface area (Å²) in [6, 6.07) is 3.82. The number of hydrogen-bond acceptors (Lipinski definition) is 2. The van der Waals surface area contributed by atoms with Crippen molar-refractivity contribution in [2.75, 3.05) is 7.11 Å². The maximum absolute atomic E-state index is 5.16. The van der Waals surface area contributed by atoms with Crippen LogP contribution in [-0.4, -0.2) is 12.1 Å². The van der Waals surface area contributed by atoms with E-state index in [0.717, 1.165) is 16.0 Å². The Balaban J connectivity index is 3.16. The third-order valence-electron chi connectivity index (χ3n) is 1.77. The van der Waals surface area contributed by atoms with Crippen molar-refractivity contribution >= 4 is 15.9 Å². The average molecular weight is 244 g/mol. The van der Waals surface area contributed by atoms with Crippen molar-refractivity contribution in [3.8, 4) is 5.75 Å². The SMILES string of the molecule is COc1cc(Br)nc(C(C)(C)C)c1. The molecule has 3 heteroatoms. The molecule has 1 rings (SSSR count). The summed E-state index contributed by atoms with van der Waals surface area (Å²) in [5.74, 6) is 0.840. The lowest BCUT2D eigenvalue weighted by atomic mass is 9.92. The van der Waals surface area contributed by atoms with E-state index in [4.69, 9.17) is 4.74 Å². The maximum Gasteiger partial charge on any atom is 0.123 e. The number of ether oxygens (including phenoxy) is 1. The molecule has 0 saturated carbocycles. The molecule has 0 unspecified atom stereocenters. The molecule has 0 aliphatic carbocycles. The van der Waals surface area contributed by atoms with E-state index in [-0.39, 0.29) is 5.41 Å². The van der Waals surface area contributed by atoms with Crippen molar-refractivity contribution in [2.45, 2.75) is 26.2 Å². The first-order valence-electron chi connectivity index (χ1n) is 4.15. The van der Waals surface area contributed by atoms with E-state index in [1.165, 1.54) is 0 Å². The first kappa shape index (κ1) is 10.5. The Hall–Kier alpha value is -0.570. The predicted octanol–water partition coefficient (Wildman–Crippen LogP) is 3.15. The van der Waals surface area contributed by atoms with Crippen LogP contribution in [0.3, 0.4) is 0 Å². The second-order valence-electron chi connectivity index (χ2n) is 3.96. The van der Waals surface area contributed by atoms with Crippen LogP contribution in [0.2, 0.25) is 0 Å². The summed E-state index contributed by atoms with van der Waals surface area (Å²) in [5.41, 5.74) is 1.08. The summed E-state index contributed by atoms with van der Waals surface area (Å²) >= 11 is 3.36. The molecule has 0 N–H and O–H groups in total. The van der Waals surface area contributed by atoms with Gasteiger partial charge in [-0.15, -0.1) is 0 Å². The molecule has 0 amide bonds. The number of pyridine rings is 1. The molecule has 1 aromatic heterocycles. The lowest BCUT2D eigenvalue weighted by Crippen LogP contribution is -2.13. The Kier molecular flexibility index (Phi) is 2.96. The number of halogens is 1. The number of nitrogens with zero attached hydrogens (tertiary/aromatic N) is 1. The maximum atomic E-state index is 5.16. The average Bonchev–Trinajstić information content (AvgIpc) is 2.01. The number of methoxy groups -OCH3 is 1. The number of aromatic nitrogens is 1. The standard InChI is InChI=1S/C10H14BrNO/c1-10(2,3)8-5-7(13-4)6-9(11)12-8/h5-6H,1-4H3. The third kappa shape index (κ3) is 2.69. The van der Waals surface area contributed by atoms with E-state index in [2.05, 4.69) is 41.7 Å². The van der Waals surface area contributed by atoms with E-state index >= 15 is 0 Å². The van der Waals surface area contributed by atoms with Gasteiger partial charge in [0.1, 0.15) is 10.4 Å². The van der Waals surface area contributed by atoms with Crippen LogP contribution in [-0.2, 0) is 5.41 Å². The minimum Gasteiger partial charge on any atom is -0.497 e. The van der Waals surface area contributed by atoms with Gasteiger partial charge in [0.25, 0.3) is 0 Å². The van der Waals surface area contributed by atoms with Crippen LogP contribution in [0.4, 0.5) is 0 Å². The van der Waals surface area contributed by atoms with Gasteiger partial charge in [-0.05, 0) is 15.9 Å². The van der Waals surface area contributed by atoms with Crippen LogP contribution in [0.5, 0.6) is 5.75 Å². The Morgan fingerprint density at radius 1 is 1.31 bits per heavy atom. The second kappa shape index (κ2) is 3.66. The molecule has 0 aromatic carbocycles. The van der Waals surface area contributed by atoms with Crippen LogP contribution >= 0.6 is 15.9 Å². The highest BCUT2D eigenvalue weighted by molar-refractivity contribution is 9.10. The van der Waals surface area contributed by atoms with E-state index in [9.17, 15) is 0 Å². The zero-order valence-corrected chi connectivity index (χ0v) is 9.97. The van der Waals surface area contributed by atoms with Crippen LogP contribution < -0.4 is 4.74 Å². The second-order valence-corrected chi connectivity index (χ2v) is 4.78. The topological polar surface area (TPSA) is 22.1 Å². The molecule has 0 radical (unpaired) electrons. The van der Waals surface area contributed by atoms with Gasteiger partial charge in [0.2, 0.25) is 0 Å². The van der Waals surface area contributed by atoms with Gasteiger partial charge in [0.05, 0.1) is 12.8 Å². The highest BCUT2D eigenvalue weighted by Gasteiger charge is 2.16. The van der Waals surface area contributed by atoms with Crippen molar-refractivity contribution in [1.29, 1.82) is 0 Å². The van der Waals surface area contributed by atoms with Gasteiger partial charge in [0.15, 0.2) is 0 Å². The van der Waals surface area contributed by atoms with Gasteiger partial charge >= 0.3 is 0 Å². The molecule has 0 spiro atoms. The molecular weight excluding hydrogens is 230 g/mol. The molecule has 0 fully saturated rings. The smallest absolute Gasteiger partial charge is 0.123 e. The summed E-state index contributed by atoms with van der Waals surface area (Å²) in [6.07, 6.45) is 0. The fourth-order valence-electron chi connectivity index (χ4n) is 0.975. The van der Waals surface area contributed by atoms with E-state index in [1.54, 1.807) is 7.11 Å². The van der Waals surface area contributed by atoms with Gasteiger partial charge in [-0.1, -0.05) is 20.8 Å². The zero-order valence-electron chi connectivity index (χ0n) is 8.39. The summed E-state index contributed by atoms with van der Waals surface area (Å²) in [6.45, 7) is 6.38. The molecule has 2 nitrogen and oxygen atoms in total. The Morgan fingerprint density at radius 2 is 1.92 bits per heavy atom. The van der Waals surface area contributed by atoms with Crippen molar-refractivity contribution in [1.82, 2.24) is 4.98 Å². The summed E-state index contributed by atoms with van der Waals surface area (Å²) in [4.78, 5) is 4.39. The first-order chi connectivity index (χ1) is 5.93. The zero-order chi connectivity index (χ0) is 10.1. The molecule has 0 bridgehead atoms. The lowest BCUT2D eigenvalue weighted by molar-refractivity contribution is 0.410. The van der Waals surface area contributed by atoms with Gasteiger partial charge in [0, 0.05) is 17.5 Å². The van der Waals surface area contributed by atoms with E-state index < -0.39 is 0 Å². The number of rotatable bonds is 1. The normalized spacial score (nSPS) is 11.5. The van der Waals surface area contributed by atoms with Gasteiger partial charge in [-0.25, -0.2) is 4.98 Å². The van der Waals surface area contributed by atoms with Crippen LogP contribution in [0.1, 0.15) is 26.5 Å². The molecule has 0 aliphatic rings. The van der Waals surface area contributed by atoms with Gasteiger partial charge in [-0.2, -0.15) is 0 Å². The molecule has 0 saturated heterocycles. The minimum atomic E-state index is 0.0526. The van der Waals surface area contributed by atoms with Crippen LogP contribution in [0, 0.1) is 0 Å². The summed E-state index contributed by atoms with van der Waals surface area (Å²) < 4.78 is 5.98. The lowest BCUT2D eigenvalue weighted by Gasteiger charge is -2.18. The molecule has 1 aromatic rings. The van der Waals surface area contributed by atoms with Crippen LogP contribution in [0.15, 0.2) is 16.7 Å². The van der Waals surface area contributed by atoms with Crippen molar-refractivity contribution in [3.63, 3.8) is 0 Å². The Morgan fingerprint density at radius 3 is 2.38 bits per heavy atom. The molecular formula is C10H14BrNO. The predicted molar refractivity (Wildman–Crippen MR) is 57.2 cm³/mol. The van der Waals surface area contributed by atoms with Gasteiger partial charge < -0.3 is 4.74 Å². The molecule has 13 heavy (non-hydrogen) atoms. The molecule has 72 valence electrons. The summed E-state index contributed by atoms with van der Waals surface area (Å²) in [5, 5.41) is 0. The highest BCUT2D eigenvalue weighted by Crippen LogP contribution is 2.26. The van der Waals surface area contributed by atoms with Crippen LogP contribution in [0.25, 0.3) is 0 Å². The Labute approximate surface area is 87.5 Å². The molecule has 1 heterocycles. The summed E-state index contributed by atoms with van der Waals surface area (Å²) in [7, 11) is 1.66. The molecule has 0 atom stereocenters. The van der Waals surface area contributed by atoms with Gasteiger partial charge in [-0.3, -0.25) is 0 Å². The fraction of sp³-hybridized carbons (Fsp3) is 0.500. The monoisotopic (exact) mass is 243 g/mol. The first-order valence-corrected chi connectivity index (χ1v) is 4.95. The van der Waals surface area contributed by atoms with E-state index in [0.29, 0.717) is 0 Å². The van der Waals surface area contributed by atoms with Crippen molar-refractivity contribution in [2.24, 2.45) is 0 Å². The van der Waals surface area contributed by atoms with E-state index in [1.807, 2.05) is 12.1 Å². The number of hydrogen-bond donors (Lipinski definition) is 0. The Bertz CT molecular complexity index is 304. The largest absolute Gasteiger partial charge is 0.497 e. The minimum absolute atomic E-state index is 0.0526. The third-order valence-corrected chi connectivity index (χ3v) is 2.18. The fourth-order valence-corrected chi connectivity index (χ4v) is 1.39. The van der Waals surface area contributed by atoms with Crippen molar-refractivity contribution < 1.29 is 4.74 Å². The van der Waals surface area contributed by atoms with Crippen molar-refractivity contribution in [3.05, 3.63) is 22.4 Å². The highest BCUT2D eigenvalue weighted by atomic mass is 79.9.